The molecule has 0 spiro atoms. The van der Waals surface area contributed by atoms with Crippen LogP contribution in [0.4, 0.5) is 0 Å². The van der Waals surface area contributed by atoms with Crippen LogP contribution in [-0.2, 0) is 0 Å². The van der Waals surface area contributed by atoms with Crippen LogP contribution in [0.2, 0.25) is 5.02 Å². The van der Waals surface area contributed by atoms with Crippen molar-refractivity contribution < 1.29 is 9.59 Å². The summed E-state index contributed by atoms with van der Waals surface area (Å²) in [5, 5.41) is 8.43. The van der Waals surface area contributed by atoms with E-state index in [0.717, 1.165) is 48.2 Å². The van der Waals surface area contributed by atoms with E-state index in [1.165, 1.54) is 0 Å². The summed E-state index contributed by atoms with van der Waals surface area (Å²) in [6.07, 6.45) is 5.27. The van der Waals surface area contributed by atoms with E-state index in [2.05, 4.69) is 10.4 Å². The number of aromatic nitrogens is 2. The number of benzene rings is 2. The molecule has 176 valence electrons. The predicted octanol–water partition coefficient (Wildman–Crippen LogP) is 5.05. The van der Waals surface area contributed by atoms with Gasteiger partial charge in [0.15, 0.2) is 0 Å². The maximum absolute atomic E-state index is 13.2. The molecule has 34 heavy (non-hydrogen) atoms. The van der Waals surface area contributed by atoms with Crippen molar-refractivity contribution in [1.29, 1.82) is 0 Å². The fraction of sp³-hybridized carbons (Fsp3) is 0.370. The Morgan fingerprint density at radius 2 is 1.71 bits per heavy atom. The molecule has 1 aliphatic heterocycles. The summed E-state index contributed by atoms with van der Waals surface area (Å²) in [7, 11) is 0. The minimum Gasteiger partial charge on any atom is -0.349 e. The predicted molar refractivity (Wildman–Crippen MR) is 133 cm³/mol. The first-order chi connectivity index (χ1) is 16.4. The molecular weight excluding hydrogens is 448 g/mol. The van der Waals surface area contributed by atoms with Crippen LogP contribution in [0.1, 0.15) is 69.1 Å². The first-order valence-corrected chi connectivity index (χ1v) is 12.3. The lowest BCUT2D eigenvalue weighted by Crippen LogP contribution is -2.46. The van der Waals surface area contributed by atoms with Crippen molar-refractivity contribution >= 4 is 23.4 Å². The van der Waals surface area contributed by atoms with Crippen molar-refractivity contribution in [2.45, 2.75) is 51.5 Å². The zero-order chi connectivity index (χ0) is 23.8. The molecule has 5 rings (SSSR count). The van der Waals surface area contributed by atoms with Gasteiger partial charge in [-0.3, -0.25) is 9.59 Å². The van der Waals surface area contributed by atoms with Crippen LogP contribution < -0.4 is 5.32 Å². The van der Waals surface area contributed by atoms with Gasteiger partial charge in [-0.15, -0.1) is 0 Å². The van der Waals surface area contributed by atoms with Gasteiger partial charge in [0.25, 0.3) is 11.8 Å². The van der Waals surface area contributed by atoms with Gasteiger partial charge in [0.2, 0.25) is 0 Å². The molecule has 7 heteroatoms. The van der Waals surface area contributed by atoms with Gasteiger partial charge in [0.1, 0.15) is 0 Å². The van der Waals surface area contributed by atoms with Gasteiger partial charge in [-0.2, -0.15) is 5.10 Å². The maximum Gasteiger partial charge on any atom is 0.255 e. The molecule has 2 heterocycles. The Kier molecular flexibility index (Phi) is 6.17. The normalized spacial score (nSPS) is 16.5. The van der Waals surface area contributed by atoms with Gasteiger partial charge < -0.3 is 10.2 Å². The number of piperidine rings is 1. The van der Waals surface area contributed by atoms with Gasteiger partial charge in [0, 0.05) is 35.6 Å². The fourth-order valence-electron chi connectivity index (χ4n) is 4.57. The summed E-state index contributed by atoms with van der Waals surface area (Å²) in [5.41, 5.74) is 5.33. The third kappa shape index (κ3) is 4.60. The first kappa shape index (κ1) is 22.7. The Morgan fingerprint density at radius 3 is 2.35 bits per heavy atom. The van der Waals surface area contributed by atoms with Gasteiger partial charge in [-0.05, 0) is 69.4 Å². The highest BCUT2D eigenvalue weighted by Crippen LogP contribution is 2.42. The molecule has 2 amide bonds. The zero-order valence-electron chi connectivity index (χ0n) is 19.6. The van der Waals surface area contributed by atoms with Crippen molar-refractivity contribution in [3.63, 3.8) is 0 Å². The Balaban J connectivity index is 1.25. The van der Waals surface area contributed by atoms with Crippen LogP contribution in [-0.4, -0.2) is 45.6 Å². The Hall–Kier alpha value is -3.12. The number of halogens is 1. The molecule has 1 N–H and O–H groups in total. The van der Waals surface area contributed by atoms with Crippen molar-refractivity contribution in [3.05, 3.63) is 81.6 Å². The second kappa shape index (κ2) is 9.26. The van der Waals surface area contributed by atoms with Crippen LogP contribution in [0, 0.1) is 13.8 Å². The third-order valence-electron chi connectivity index (χ3n) is 6.83. The molecule has 1 saturated heterocycles. The van der Waals surface area contributed by atoms with E-state index in [9.17, 15) is 9.59 Å². The van der Waals surface area contributed by atoms with E-state index in [-0.39, 0.29) is 17.9 Å². The Morgan fingerprint density at radius 1 is 1.00 bits per heavy atom. The minimum absolute atomic E-state index is 0.0405. The Bertz CT molecular complexity index is 1220. The maximum atomic E-state index is 13.2. The number of likely N-dealkylation sites (tertiary alicyclic amines) is 1. The van der Waals surface area contributed by atoms with E-state index >= 15 is 0 Å². The lowest BCUT2D eigenvalue weighted by atomic mass is 10.0. The highest BCUT2D eigenvalue weighted by Gasteiger charge is 2.34. The molecule has 0 radical (unpaired) electrons. The smallest absolute Gasteiger partial charge is 0.255 e. The minimum atomic E-state index is -0.0883. The van der Waals surface area contributed by atoms with E-state index < -0.39 is 0 Å². The molecule has 0 unspecified atom stereocenters. The number of nitrogens with one attached hydrogen (secondary N) is 1. The molecule has 3 aromatic rings. The van der Waals surface area contributed by atoms with Crippen molar-refractivity contribution in [1.82, 2.24) is 20.0 Å². The fourth-order valence-corrected chi connectivity index (χ4v) is 4.75. The van der Waals surface area contributed by atoms with Gasteiger partial charge in [0.05, 0.1) is 23.1 Å². The molecule has 1 aliphatic carbocycles. The number of carbonyl (C=O) groups excluding carboxylic acids is 2. The molecule has 6 nitrogen and oxygen atoms in total. The second-order valence-electron chi connectivity index (χ2n) is 9.47. The van der Waals surface area contributed by atoms with Gasteiger partial charge in [-0.1, -0.05) is 35.4 Å². The molecule has 0 atom stereocenters. The van der Waals surface area contributed by atoms with Gasteiger partial charge >= 0.3 is 0 Å². The topological polar surface area (TPSA) is 67.2 Å². The third-order valence-corrected chi connectivity index (χ3v) is 7.24. The molecule has 0 bridgehead atoms. The molecule has 1 aromatic heterocycles. The van der Waals surface area contributed by atoms with Crippen LogP contribution in [0.15, 0.2) is 48.7 Å². The van der Waals surface area contributed by atoms with Crippen molar-refractivity contribution in [2.75, 3.05) is 13.1 Å². The number of aryl methyl sites for hydroxylation is 2. The lowest BCUT2D eigenvalue weighted by molar-refractivity contribution is 0.0698. The average Bonchev–Trinajstić information content (AvgIpc) is 3.59. The zero-order valence-corrected chi connectivity index (χ0v) is 20.3. The first-order valence-electron chi connectivity index (χ1n) is 11.9. The summed E-state index contributed by atoms with van der Waals surface area (Å²) in [6, 6.07) is 13.6. The van der Waals surface area contributed by atoms with E-state index in [4.69, 9.17) is 11.6 Å². The molecule has 2 aromatic carbocycles. The molecular formula is C27H29ClN4O2. The summed E-state index contributed by atoms with van der Waals surface area (Å²) in [5.74, 6) is 0.311. The Labute approximate surface area is 204 Å². The summed E-state index contributed by atoms with van der Waals surface area (Å²) >= 11 is 6.34. The van der Waals surface area contributed by atoms with Crippen LogP contribution in [0.3, 0.4) is 0 Å². The average molecular weight is 477 g/mol. The highest BCUT2D eigenvalue weighted by atomic mass is 35.5. The van der Waals surface area contributed by atoms with Crippen molar-refractivity contribution in [2.24, 2.45) is 0 Å². The number of hydrogen-bond donors (Lipinski definition) is 1. The van der Waals surface area contributed by atoms with E-state index in [1.807, 2.05) is 65.9 Å². The van der Waals surface area contributed by atoms with E-state index in [1.54, 1.807) is 6.20 Å². The highest BCUT2D eigenvalue weighted by molar-refractivity contribution is 6.31. The largest absolute Gasteiger partial charge is 0.349 e. The van der Waals surface area contributed by atoms with Gasteiger partial charge in [-0.25, -0.2) is 4.68 Å². The second-order valence-corrected chi connectivity index (χ2v) is 9.88. The van der Waals surface area contributed by atoms with Crippen LogP contribution in [0.5, 0.6) is 0 Å². The lowest BCUT2D eigenvalue weighted by Gasteiger charge is -2.32. The number of hydrogen-bond acceptors (Lipinski definition) is 3. The van der Waals surface area contributed by atoms with Crippen LogP contribution >= 0.6 is 11.6 Å². The summed E-state index contributed by atoms with van der Waals surface area (Å²) < 4.78 is 1.86. The quantitative estimate of drug-likeness (QED) is 0.560. The molecule has 2 fully saturated rings. The number of carbonyl (C=O) groups is 2. The molecule has 1 saturated carbocycles. The number of amides is 2. The van der Waals surface area contributed by atoms with E-state index in [0.29, 0.717) is 35.2 Å². The monoisotopic (exact) mass is 476 g/mol. The standard InChI is InChI=1S/C27H29ClN4O2/c1-17-3-6-20(7-4-17)27(34)31-13-11-21(12-14-31)30-26(33)23-16-29-32(25(23)19-8-9-19)22-10-5-18(2)24(28)15-22/h3-7,10,15-16,19,21H,8-9,11-14H2,1-2H3,(H,30,33). The summed E-state index contributed by atoms with van der Waals surface area (Å²) in [6.45, 7) is 5.24. The SMILES string of the molecule is Cc1ccc(C(=O)N2CCC(NC(=O)c3cnn(-c4ccc(C)c(Cl)c4)c3C3CC3)CC2)cc1. The summed E-state index contributed by atoms with van der Waals surface area (Å²) in [4.78, 5) is 27.9. The number of rotatable bonds is 5. The number of nitrogens with zero attached hydrogens (tertiary/aromatic N) is 3. The van der Waals surface area contributed by atoms with Crippen LogP contribution in [0.25, 0.3) is 5.69 Å². The van der Waals surface area contributed by atoms with Crippen molar-refractivity contribution in [3.8, 4) is 5.69 Å². The molecule has 2 aliphatic rings.